The third-order valence-corrected chi connectivity index (χ3v) is 5.80. The first-order chi connectivity index (χ1) is 10.7. The largest absolute Gasteiger partial charge is 0.347 e. The Morgan fingerprint density at radius 2 is 2.27 bits per heavy atom. The Bertz CT molecular complexity index is 717. The van der Waals surface area contributed by atoms with Crippen LogP contribution in [0.3, 0.4) is 0 Å². The molecule has 22 heavy (non-hydrogen) atoms. The lowest BCUT2D eigenvalue weighted by Crippen LogP contribution is -2.42. The number of fused-ring (bicyclic) bond motifs is 2. The molecule has 2 aliphatic heterocycles. The molecule has 4 heterocycles. The Morgan fingerprint density at radius 3 is 3.00 bits per heavy atom. The second-order valence-electron chi connectivity index (χ2n) is 5.89. The van der Waals surface area contributed by atoms with Crippen molar-refractivity contribution in [3.05, 3.63) is 40.5 Å². The first-order valence-electron chi connectivity index (χ1n) is 7.48. The second kappa shape index (κ2) is 5.65. The molecule has 2 aromatic heterocycles. The topological polar surface area (TPSA) is 54.0 Å². The number of nitrogens with zero attached hydrogens (tertiary/aromatic N) is 1. The lowest BCUT2D eigenvalue weighted by atomic mass is 9.95. The highest BCUT2D eigenvalue weighted by molar-refractivity contribution is 7.17. The zero-order chi connectivity index (χ0) is 15.1. The molecule has 0 aliphatic carbocycles. The van der Waals surface area contributed by atoms with Crippen molar-refractivity contribution in [2.75, 3.05) is 0 Å². The molecule has 4 nitrogen and oxygen atoms in total. The van der Waals surface area contributed by atoms with Crippen LogP contribution in [0.2, 0.25) is 5.15 Å². The van der Waals surface area contributed by atoms with E-state index in [9.17, 15) is 4.79 Å². The number of pyridine rings is 1. The Labute approximate surface area is 137 Å². The van der Waals surface area contributed by atoms with Crippen LogP contribution in [-0.2, 0) is 0 Å². The molecule has 0 radical (unpaired) electrons. The molecule has 2 N–H and O–H groups in total. The molecule has 6 heteroatoms. The third-order valence-electron chi connectivity index (χ3n) is 4.46. The van der Waals surface area contributed by atoms with Crippen LogP contribution >= 0.6 is 22.9 Å². The molecule has 1 amide bonds. The van der Waals surface area contributed by atoms with Gasteiger partial charge >= 0.3 is 0 Å². The lowest BCUT2D eigenvalue weighted by Gasteiger charge is -2.20. The van der Waals surface area contributed by atoms with E-state index in [0.29, 0.717) is 17.2 Å². The number of halogens is 1. The molecular weight excluding hydrogens is 318 g/mol. The van der Waals surface area contributed by atoms with Crippen LogP contribution in [0.25, 0.3) is 10.4 Å². The number of rotatable bonds is 3. The summed E-state index contributed by atoms with van der Waals surface area (Å²) in [6, 6.07) is 8.87. The van der Waals surface area contributed by atoms with Gasteiger partial charge in [0.1, 0.15) is 5.15 Å². The average Bonchev–Trinajstić information content (AvgIpc) is 3.23. The van der Waals surface area contributed by atoms with Crippen LogP contribution < -0.4 is 10.6 Å². The molecule has 0 spiro atoms. The van der Waals surface area contributed by atoms with E-state index in [1.807, 2.05) is 24.3 Å². The molecule has 2 aromatic rings. The minimum Gasteiger partial charge on any atom is -0.347 e. The maximum atomic E-state index is 12.4. The van der Waals surface area contributed by atoms with E-state index in [0.717, 1.165) is 21.7 Å². The van der Waals surface area contributed by atoms with Crippen LogP contribution in [0.5, 0.6) is 0 Å². The van der Waals surface area contributed by atoms with Crippen molar-refractivity contribution in [3.8, 4) is 10.4 Å². The number of hydrogen-bond acceptors (Lipinski definition) is 4. The summed E-state index contributed by atoms with van der Waals surface area (Å²) in [6.45, 7) is 0. The summed E-state index contributed by atoms with van der Waals surface area (Å²) < 4.78 is 0. The van der Waals surface area contributed by atoms with E-state index >= 15 is 0 Å². The van der Waals surface area contributed by atoms with Gasteiger partial charge in [-0.05, 0) is 49.1 Å². The Kier molecular flexibility index (Phi) is 3.64. The first kappa shape index (κ1) is 14.2. The Balaban J connectivity index is 1.48. The van der Waals surface area contributed by atoms with E-state index in [1.54, 1.807) is 6.20 Å². The minimum absolute atomic E-state index is 0.0238. The fourth-order valence-corrected chi connectivity index (χ4v) is 4.47. The number of amides is 1. The number of nitrogens with one attached hydrogen (secondary N) is 2. The van der Waals surface area contributed by atoms with Crippen LogP contribution in [0.15, 0.2) is 30.5 Å². The van der Waals surface area contributed by atoms with Gasteiger partial charge in [-0.1, -0.05) is 11.6 Å². The van der Waals surface area contributed by atoms with Crippen LogP contribution in [0.4, 0.5) is 0 Å². The molecule has 0 saturated carbocycles. The summed E-state index contributed by atoms with van der Waals surface area (Å²) >= 11 is 7.41. The van der Waals surface area contributed by atoms with Gasteiger partial charge in [-0.25, -0.2) is 4.98 Å². The van der Waals surface area contributed by atoms with E-state index in [1.165, 1.54) is 24.2 Å². The molecule has 2 saturated heterocycles. The quantitative estimate of drug-likeness (QED) is 0.849. The summed E-state index contributed by atoms with van der Waals surface area (Å²) in [6.07, 6.45) is 5.14. The van der Waals surface area contributed by atoms with Crippen LogP contribution in [0.1, 0.15) is 28.9 Å². The second-order valence-corrected chi connectivity index (χ2v) is 7.37. The Hall–Kier alpha value is -1.43. The molecule has 114 valence electrons. The van der Waals surface area contributed by atoms with Gasteiger partial charge in [0.25, 0.3) is 5.91 Å². The van der Waals surface area contributed by atoms with Gasteiger partial charge in [-0.3, -0.25) is 4.79 Å². The first-order valence-corrected chi connectivity index (χ1v) is 8.67. The van der Waals surface area contributed by atoms with Crippen molar-refractivity contribution in [2.45, 2.75) is 37.4 Å². The summed E-state index contributed by atoms with van der Waals surface area (Å²) in [4.78, 5) is 18.2. The highest BCUT2D eigenvalue weighted by atomic mass is 35.5. The SMILES string of the molecule is O=C(NC1CC2CCC1N2)c1ccc(-c2ccnc(Cl)c2)s1. The minimum atomic E-state index is 0.0238. The highest BCUT2D eigenvalue weighted by Gasteiger charge is 2.39. The predicted molar refractivity (Wildman–Crippen MR) is 88.4 cm³/mol. The van der Waals surface area contributed by atoms with Crippen molar-refractivity contribution in [1.29, 1.82) is 0 Å². The third kappa shape index (κ3) is 2.64. The highest BCUT2D eigenvalue weighted by Crippen LogP contribution is 2.31. The van der Waals surface area contributed by atoms with Crippen molar-refractivity contribution in [2.24, 2.45) is 0 Å². The maximum absolute atomic E-state index is 12.4. The van der Waals surface area contributed by atoms with Gasteiger partial charge < -0.3 is 10.6 Å². The van der Waals surface area contributed by atoms with Gasteiger partial charge in [0.2, 0.25) is 0 Å². The van der Waals surface area contributed by atoms with Gasteiger partial charge in [0.05, 0.1) is 4.88 Å². The van der Waals surface area contributed by atoms with Crippen molar-refractivity contribution in [1.82, 2.24) is 15.6 Å². The zero-order valence-corrected chi connectivity index (χ0v) is 13.5. The smallest absolute Gasteiger partial charge is 0.261 e. The summed E-state index contributed by atoms with van der Waals surface area (Å²) in [7, 11) is 0. The van der Waals surface area contributed by atoms with E-state index in [-0.39, 0.29) is 11.9 Å². The number of hydrogen-bond donors (Lipinski definition) is 2. The molecule has 2 aliphatic rings. The van der Waals surface area contributed by atoms with Crippen molar-refractivity contribution < 1.29 is 4.79 Å². The number of carbonyl (C=O) groups is 1. The lowest BCUT2D eigenvalue weighted by molar-refractivity contribution is 0.0935. The fourth-order valence-electron chi connectivity index (χ4n) is 3.39. The molecule has 4 rings (SSSR count). The molecule has 3 unspecified atom stereocenters. The van der Waals surface area contributed by atoms with Crippen molar-refractivity contribution >= 4 is 28.8 Å². The van der Waals surface area contributed by atoms with Crippen LogP contribution in [0, 0.1) is 0 Å². The van der Waals surface area contributed by atoms with E-state index < -0.39 is 0 Å². The van der Waals surface area contributed by atoms with Gasteiger partial charge in [0.15, 0.2) is 0 Å². The van der Waals surface area contributed by atoms with Crippen molar-refractivity contribution in [3.63, 3.8) is 0 Å². The number of thiophene rings is 1. The molecule has 2 fully saturated rings. The van der Waals surface area contributed by atoms with Crippen LogP contribution in [-0.4, -0.2) is 29.0 Å². The van der Waals surface area contributed by atoms with Gasteiger partial charge in [0, 0.05) is 29.2 Å². The fraction of sp³-hybridized carbons (Fsp3) is 0.375. The average molecular weight is 334 g/mol. The van der Waals surface area contributed by atoms with E-state index in [2.05, 4.69) is 15.6 Å². The number of aromatic nitrogens is 1. The molecule has 2 bridgehead atoms. The Morgan fingerprint density at radius 1 is 1.36 bits per heavy atom. The molecule has 0 aromatic carbocycles. The predicted octanol–water partition coefficient (Wildman–Crippen LogP) is 3.09. The maximum Gasteiger partial charge on any atom is 0.261 e. The molecule has 3 atom stereocenters. The standard InChI is InChI=1S/C16H16ClN3OS/c17-15-7-9(5-6-18-15)13-3-4-14(22-13)16(21)20-12-8-10-1-2-11(12)19-10/h3-7,10-12,19H,1-2,8H2,(H,20,21). The number of carbonyl (C=O) groups excluding carboxylic acids is 1. The normalized spacial score (nSPS) is 26.3. The van der Waals surface area contributed by atoms with Gasteiger partial charge in [-0.2, -0.15) is 0 Å². The van der Waals surface area contributed by atoms with E-state index in [4.69, 9.17) is 11.6 Å². The summed E-state index contributed by atoms with van der Waals surface area (Å²) in [5, 5.41) is 7.18. The summed E-state index contributed by atoms with van der Waals surface area (Å²) in [5.74, 6) is 0.0238. The monoisotopic (exact) mass is 333 g/mol. The molecular formula is C16H16ClN3OS. The van der Waals surface area contributed by atoms with Gasteiger partial charge in [-0.15, -0.1) is 11.3 Å². The zero-order valence-electron chi connectivity index (χ0n) is 11.9. The summed E-state index contributed by atoms with van der Waals surface area (Å²) in [5.41, 5.74) is 0.991.